The number of nitrogens with one attached hydrogen (secondary N) is 1. The van der Waals surface area contributed by atoms with Crippen LogP contribution in [0, 0.1) is 5.92 Å². The highest BCUT2D eigenvalue weighted by molar-refractivity contribution is 5.86. The van der Waals surface area contributed by atoms with Gasteiger partial charge in [-0.3, -0.25) is 4.79 Å². The van der Waals surface area contributed by atoms with Gasteiger partial charge in [0, 0.05) is 6.54 Å². The minimum absolute atomic E-state index is 0. The number of amides is 1. The monoisotopic (exact) mass is 288 g/mol. The van der Waals surface area contributed by atoms with Crippen LogP contribution in [0.5, 0.6) is 0 Å². The van der Waals surface area contributed by atoms with Gasteiger partial charge in [-0.15, -0.1) is 12.4 Å². The van der Waals surface area contributed by atoms with E-state index in [0.29, 0.717) is 0 Å². The third kappa shape index (κ3) is 4.96. The molecule has 0 bridgehead atoms. The molecule has 2 rings (SSSR count). The van der Waals surface area contributed by atoms with Crippen molar-refractivity contribution in [3.05, 3.63) is 0 Å². The Balaban J connectivity index is 0.00000180. The van der Waals surface area contributed by atoms with E-state index in [1.807, 2.05) is 0 Å². The summed E-state index contributed by atoms with van der Waals surface area (Å²) in [5.74, 6) is 1.01. The number of halogens is 1. The first-order valence-electron chi connectivity index (χ1n) is 7.78. The summed E-state index contributed by atoms with van der Waals surface area (Å²) < 4.78 is 0. The van der Waals surface area contributed by atoms with Crippen LogP contribution in [0.15, 0.2) is 0 Å². The van der Waals surface area contributed by atoms with Gasteiger partial charge >= 0.3 is 0 Å². The summed E-state index contributed by atoms with van der Waals surface area (Å²) in [6.07, 6.45) is 13.2. The molecule has 3 nitrogen and oxygen atoms in total. The van der Waals surface area contributed by atoms with E-state index in [9.17, 15) is 4.79 Å². The summed E-state index contributed by atoms with van der Waals surface area (Å²) in [5.41, 5.74) is 5.63. The molecule has 0 radical (unpaired) electrons. The zero-order chi connectivity index (χ0) is 12.8. The molecule has 2 fully saturated rings. The van der Waals surface area contributed by atoms with E-state index in [1.165, 1.54) is 38.5 Å². The van der Waals surface area contributed by atoms with Crippen molar-refractivity contribution in [2.24, 2.45) is 11.7 Å². The molecular formula is C15H29ClN2O. The first kappa shape index (κ1) is 16.8. The van der Waals surface area contributed by atoms with Crippen LogP contribution in [-0.2, 0) is 4.79 Å². The van der Waals surface area contributed by atoms with Gasteiger partial charge in [-0.05, 0) is 31.6 Å². The highest BCUT2D eigenvalue weighted by atomic mass is 35.5. The number of rotatable bonds is 5. The maximum absolute atomic E-state index is 12.1. The van der Waals surface area contributed by atoms with Gasteiger partial charge < -0.3 is 11.1 Å². The lowest BCUT2D eigenvalue weighted by molar-refractivity contribution is -0.127. The number of hydrogen-bond donors (Lipinski definition) is 2. The van der Waals surface area contributed by atoms with Crippen LogP contribution >= 0.6 is 12.4 Å². The Hall–Kier alpha value is -0.280. The van der Waals surface area contributed by atoms with Crippen LogP contribution in [0.25, 0.3) is 0 Å². The molecule has 2 aliphatic rings. The molecular weight excluding hydrogens is 260 g/mol. The normalized spacial score (nSPS) is 22.8. The predicted octanol–water partition coefficient (Wildman–Crippen LogP) is 3.16. The van der Waals surface area contributed by atoms with E-state index >= 15 is 0 Å². The zero-order valence-corrected chi connectivity index (χ0v) is 12.8. The number of hydrogen-bond acceptors (Lipinski definition) is 2. The lowest BCUT2D eigenvalue weighted by Crippen LogP contribution is -2.55. The topological polar surface area (TPSA) is 55.1 Å². The first-order valence-corrected chi connectivity index (χ1v) is 7.78. The van der Waals surface area contributed by atoms with E-state index in [1.54, 1.807) is 0 Å². The van der Waals surface area contributed by atoms with Gasteiger partial charge in [-0.2, -0.15) is 0 Å². The maximum atomic E-state index is 12.1. The van der Waals surface area contributed by atoms with Crippen molar-refractivity contribution in [3.63, 3.8) is 0 Å². The summed E-state index contributed by atoms with van der Waals surface area (Å²) >= 11 is 0. The van der Waals surface area contributed by atoms with Crippen molar-refractivity contribution in [2.75, 3.05) is 6.54 Å². The minimum atomic E-state index is -0.564. The summed E-state index contributed by atoms with van der Waals surface area (Å²) in [5, 5.41) is 3.05. The fourth-order valence-corrected chi connectivity index (χ4v) is 3.48. The van der Waals surface area contributed by atoms with Gasteiger partial charge in [0.05, 0.1) is 5.54 Å². The lowest BCUT2D eigenvalue weighted by atomic mass is 9.82. The summed E-state index contributed by atoms with van der Waals surface area (Å²) in [6.45, 7) is 0.814. The van der Waals surface area contributed by atoms with Crippen molar-refractivity contribution >= 4 is 18.3 Å². The van der Waals surface area contributed by atoms with E-state index in [4.69, 9.17) is 5.73 Å². The van der Waals surface area contributed by atoms with Crippen LogP contribution in [0.3, 0.4) is 0 Å². The third-order valence-electron chi connectivity index (χ3n) is 4.75. The summed E-state index contributed by atoms with van der Waals surface area (Å²) in [7, 11) is 0. The van der Waals surface area contributed by atoms with Crippen molar-refractivity contribution < 1.29 is 4.79 Å². The van der Waals surface area contributed by atoms with Gasteiger partial charge in [0.15, 0.2) is 0 Å². The molecule has 0 spiro atoms. The molecule has 3 N–H and O–H groups in total. The van der Waals surface area contributed by atoms with Gasteiger partial charge in [-0.1, -0.05) is 44.9 Å². The van der Waals surface area contributed by atoms with Crippen LogP contribution < -0.4 is 11.1 Å². The molecule has 0 atom stereocenters. The summed E-state index contributed by atoms with van der Waals surface area (Å²) in [6, 6.07) is 0. The van der Waals surface area contributed by atoms with Crippen LogP contribution in [0.4, 0.5) is 0 Å². The molecule has 0 heterocycles. The molecule has 4 heteroatoms. The Labute approximate surface area is 123 Å². The predicted molar refractivity (Wildman–Crippen MR) is 81.5 cm³/mol. The molecule has 112 valence electrons. The van der Waals surface area contributed by atoms with E-state index in [2.05, 4.69) is 5.32 Å². The fraction of sp³-hybridized carbons (Fsp3) is 0.933. The van der Waals surface area contributed by atoms with Crippen molar-refractivity contribution in [1.82, 2.24) is 5.32 Å². The number of carbonyl (C=O) groups is 1. The Morgan fingerprint density at radius 1 is 1.11 bits per heavy atom. The Morgan fingerprint density at radius 3 is 2.37 bits per heavy atom. The minimum Gasteiger partial charge on any atom is -0.355 e. The maximum Gasteiger partial charge on any atom is 0.240 e. The Bertz CT molecular complexity index is 271. The van der Waals surface area contributed by atoms with Crippen molar-refractivity contribution in [2.45, 2.75) is 76.2 Å². The smallest absolute Gasteiger partial charge is 0.240 e. The molecule has 0 aromatic rings. The Kier molecular flexibility index (Phi) is 7.16. The second-order valence-electron chi connectivity index (χ2n) is 6.27. The van der Waals surface area contributed by atoms with Crippen LogP contribution in [0.1, 0.15) is 70.6 Å². The van der Waals surface area contributed by atoms with Gasteiger partial charge in [-0.25, -0.2) is 0 Å². The van der Waals surface area contributed by atoms with E-state index in [-0.39, 0.29) is 18.3 Å². The molecule has 2 saturated carbocycles. The SMILES string of the molecule is Cl.NC1(C(=O)NCCCC2CCCC2)CCCCC1. The molecule has 0 aliphatic heterocycles. The molecule has 0 unspecified atom stereocenters. The molecule has 0 saturated heterocycles. The average molecular weight is 289 g/mol. The van der Waals surface area contributed by atoms with Gasteiger partial charge in [0.2, 0.25) is 5.91 Å². The standard InChI is InChI=1S/C15H28N2O.ClH/c16-15(10-4-1-5-11-15)14(18)17-12-6-9-13-7-2-3-8-13;/h13H,1-12,16H2,(H,17,18);1H. The zero-order valence-electron chi connectivity index (χ0n) is 12.0. The first-order chi connectivity index (χ1) is 8.71. The van der Waals surface area contributed by atoms with Crippen molar-refractivity contribution in [1.29, 1.82) is 0 Å². The number of carbonyl (C=O) groups excluding carboxylic acids is 1. The molecule has 1 amide bonds. The quantitative estimate of drug-likeness (QED) is 0.764. The van der Waals surface area contributed by atoms with Crippen LogP contribution in [-0.4, -0.2) is 18.0 Å². The molecule has 19 heavy (non-hydrogen) atoms. The largest absolute Gasteiger partial charge is 0.355 e. The average Bonchev–Trinajstić information content (AvgIpc) is 2.88. The second kappa shape index (κ2) is 8.11. The van der Waals surface area contributed by atoms with Crippen LogP contribution in [0.2, 0.25) is 0 Å². The summed E-state index contributed by atoms with van der Waals surface area (Å²) in [4.78, 5) is 12.1. The van der Waals surface area contributed by atoms with Crippen molar-refractivity contribution in [3.8, 4) is 0 Å². The third-order valence-corrected chi connectivity index (χ3v) is 4.75. The lowest BCUT2D eigenvalue weighted by Gasteiger charge is -2.31. The van der Waals surface area contributed by atoms with E-state index in [0.717, 1.165) is 44.6 Å². The van der Waals surface area contributed by atoms with Gasteiger partial charge in [0.25, 0.3) is 0 Å². The highest BCUT2D eigenvalue weighted by Gasteiger charge is 2.34. The fourth-order valence-electron chi connectivity index (χ4n) is 3.48. The Morgan fingerprint density at radius 2 is 1.74 bits per heavy atom. The second-order valence-corrected chi connectivity index (χ2v) is 6.27. The molecule has 0 aromatic carbocycles. The van der Waals surface area contributed by atoms with E-state index < -0.39 is 5.54 Å². The highest BCUT2D eigenvalue weighted by Crippen LogP contribution is 2.28. The van der Waals surface area contributed by atoms with Gasteiger partial charge in [0.1, 0.15) is 0 Å². The molecule has 0 aromatic heterocycles. The number of nitrogens with two attached hydrogens (primary N) is 1. The molecule has 2 aliphatic carbocycles.